The molecule has 0 aliphatic rings. The van der Waals surface area contributed by atoms with Crippen molar-refractivity contribution >= 4 is 11.9 Å². The average molecular weight is 264 g/mol. The maximum absolute atomic E-state index is 8.74. The Bertz CT molecular complexity index is 420. The standard InChI is InChI=1S/C12H20N6O/c1-5-14-10-15-11(17-12(16-10)19-6-2)18(4)9(3)7-8-13/h9H,5-7H2,1-4H3,(H,14,15,16,17). The molecule has 1 aromatic heterocycles. The van der Waals surface area contributed by atoms with Crippen LogP contribution in [-0.4, -0.2) is 41.2 Å². The van der Waals surface area contributed by atoms with E-state index in [4.69, 9.17) is 10.00 Å². The highest BCUT2D eigenvalue weighted by molar-refractivity contribution is 5.38. The molecule has 1 unspecified atom stereocenters. The van der Waals surface area contributed by atoms with Gasteiger partial charge in [0.05, 0.1) is 19.1 Å². The van der Waals surface area contributed by atoms with Gasteiger partial charge in [0.25, 0.3) is 0 Å². The Labute approximate surface area is 113 Å². The molecule has 1 N–H and O–H groups in total. The number of nitrogens with one attached hydrogen (secondary N) is 1. The summed E-state index contributed by atoms with van der Waals surface area (Å²) >= 11 is 0. The first kappa shape index (κ1) is 15.0. The summed E-state index contributed by atoms with van der Waals surface area (Å²) < 4.78 is 5.33. The van der Waals surface area contributed by atoms with Gasteiger partial charge in [0.1, 0.15) is 0 Å². The van der Waals surface area contributed by atoms with Crippen molar-refractivity contribution in [1.29, 1.82) is 5.26 Å². The van der Waals surface area contributed by atoms with Crippen molar-refractivity contribution in [3.05, 3.63) is 0 Å². The largest absolute Gasteiger partial charge is 0.464 e. The molecule has 19 heavy (non-hydrogen) atoms. The highest BCUT2D eigenvalue weighted by Gasteiger charge is 2.15. The third kappa shape index (κ3) is 4.25. The molecule has 1 rings (SSSR count). The van der Waals surface area contributed by atoms with E-state index in [2.05, 4.69) is 26.3 Å². The van der Waals surface area contributed by atoms with Crippen LogP contribution >= 0.6 is 0 Å². The van der Waals surface area contributed by atoms with E-state index < -0.39 is 0 Å². The topological polar surface area (TPSA) is 87.0 Å². The zero-order chi connectivity index (χ0) is 14.3. The molecule has 0 aliphatic heterocycles. The molecule has 1 atom stereocenters. The zero-order valence-electron chi connectivity index (χ0n) is 11.8. The molecule has 0 bridgehead atoms. The summed E-state index contributed by atoms with van der Waals surface area (Å²) in [6, 6.07) is 2.45. The van der Waals surface area contributed by atoms with Crippen molar-refractivity contribution in [3.63, 3.8) is 0 Å². The van der Waals surface area contributed by atoms with Gasteiger partial charge in [-0.15, -0.1) is 0 Å². The van der Waals surface area contributed by atoms with E-state index in [0.29, 0.717) is 37.5 Å². The zero-order valence-corrected chi connectivity index (χ0v) is 11.8. The van der Waals surface area contributed by atoms with Gasteiger partial charge in [0.15, 0.2) is 0 Å². The molecule has 0 saturated heterocycles. The Morgan fingerprint density at radius 1 is 1.37 bits per heavy atom. The van der Waals surface area contributed by atoms with Crippen molar-refractivity contribution in [1.82, 2.24) is 15.0 Å². The van der Waals surface area contributed by atoms with E-state index in [1.807, 2.05) is 32.7 Å². The number of anilines is 2. The van der Waals surface area contributed by atoms with Gasteiger partial charge in [-0.3, -0.25) is 0 Å². The Balaban J connectivity index is 3.00. The Hall–Kier alpha value is -2.10. The predicted molar refractivity (Wildman–Crippen MR) is 73.3 cm³/mol. The Morgan fingerprint density at radius 3 is 2.68 bits per heavy atom. The lowest BCUT2D eigenvalue weighted by Crippen LogP contribution is -2.30. The highest BCUT2D eigenvalue weighted by Crippen LogP contribution is 2.16. The lowest BCUT2D eigenvalue weighted by molar-refractivity contribution is 0.312. The number of hydrogen-bond donors (Lipinski definition) is 1. The maximum atomic E-state index is 8.74. The summed E-state index contributed by atoms with van der Waals surface area (Å²) in [5.74, 6) is 0.976. The second-order valence-corrected chi connectivity index (χ2v) is 4.03. The second-order valence-electron chi connectivity index (χ2n) is 4.03. The van der Waals surface area contributed by atoms with Gasteiger partial charge < -0.3 is 15.0 Å². The Kier molecular flexibility index (Phi) is 5.79. The summed E-state index contributed by atoms with van der Waals surface area (Å²) in [6.07, 6.45) is 0.405. The van der Waals surface area contributed by atoms with Gasteiger partial charge >= 0.3 is 6.01 Å². The number of ether oxygens (including phenoxy) is 1. The molecule has 0 radical (unpaired) electrons. The summed E-state index contributed by atoms with van der Waals surface area (Å²) in [5, 5.41) is 11.8. The van der Waals surface area contributed by atoms with Gasteiger partial charge in [-0.05, 0) is 20.8 Å². The Morgan fingerprint density at radius 2 is 2.11 bits per heavy atom. The van der Waals surface area contributed by atoms with Crippen LogP contribution in [0.2, 0.25) is 0 Å². The van der Waals surface area contributed by atoms with Gasteiger partial charge in [0.2, 0.25) is 11.9 Å². The quantitative estimate of drug-likeness (QED) is 0.797. The minimum absolute atomic E-state index is 0.0244. The van der Waals surface area contributed by atoms with Crippen LogP contribution in [0.15, 0.2) is 0 Å². The number of rotatable bonds is 7. The van der Waals surface area contributed by atoms with Gasteiger partial charge in [-0.1, -0.05) is 0 Å². The first-order valence-corrected chi connectivity index (χ1v) is 6.34. The SMILES string of the molecule is CCNc1nc(OCC)nc(N(C)C(C)CC#N)n1. The summed E-state index contributed by atoms with van der Waals surface area (Å²) in [6.45, 7) is 6.99. The van der Waals surface area contributed by atoms with Crippen molar-refractivity contribution < 1.29 is 4.74 Å². The van der Waals surface area contributed by atoms with Crippen LogP contribution in [-0.2, 0) is 0 Å². The first-order chi connectivity index (χ1) is 9.12. The lowest BCUT2D eigenvalue weighted by Gasteiger charge is -2.23. The van der Waals surface area contributed by atoms with Crippen LogP contribution < -0.4 is 15.0 Å². The average Bonchev–Trinajstić information content (AvgIpc) is 2.38. The monoisotopic (exact) mass is 264 g/mol. The molecule has 1 aromatic rings. The predicted octanol–water partition coefficient (Wildman–Crippen LogP) is 1.44. The molecular formula is C12H20N6O. The van der Waals surface area contributed by atoms with Crippen LogP contribution in [0.1, 0.15) is 27.2 Å². The fourth-order valence-corrected chi connectivity index (χ4v) is 1.40. The van der Waals surface area contributed by atoms with Crippen LogP contribution in [0, 0.1) is 11.3 Å². The molecule has 0 fully saturated rings. The van der Waals surface area contributed by atoms with E-state index in [1.165, 1.54) is 0 Å². The number of nitriles is 1. The summed E-state index contributed by atoms with van der Waals surface area (Å²) in [4.78, 5) is 14.5. The minimum Gasteiger partial charge on any atom is -0.464 e. The van der Waals surface area contributed by atoms with Crippen molar-refractivity contribution in [2.45, 2.75) is 33.2 Å². The number of nitrogens with zero attached hydrogens (tertiary/aromatic N) is 5. The fraction of sp³-hybridized carbons (Fsp3) is 0.667. The maximum Gasteiger partial charge on any atom is 0.323 e. The third-order valence-electron chi connectivity index (χ3n) is 2.57. The van der Waals surface area contributed by atoms with E-state index in [9.17, 15) is 0 Å². The van der Waals surface area contributed by atoms with Crippen LogP contribution in [0.5, 0.6) is 6.01 Å². The second kappa shape index (κ2) is 7.36. The van der Waals surface area contributed by atoms with Crippen molar-refractivity contribution in [3.8, 4) is 12.1 Å². The van der Waals surface area contributed by atoms with Crippen molar-refractivity contribution in [2.24, 2.45) is 0 Å². The molecule has 0 saturated carbocycles. The van der Waals surface area contributed by atoms with E-state index in [1.54, 1.807) is 0 Å². The highest BCUT2D eigenvalue weighted by atomic mass is 16.5. The van der Waals surface area contributed by atoms with Crippen LogP contribution in [0.3, 0.4) is 0 Å². The first-order valence-electron chi connectivity index (χ1n) is 6.34. The third-order valence-corrected chi connectivity index (χ3v) is 2.57. The van der Waals surface area contributed by atoms with Gasteiger partial charge in [-0.2, -0.15) is 20.2 Å². The molecule has 0 spiro atoms. The molecule has 1 heterocycles. The van der Waals surface area contributed by atoms with Crippen LogP contribution in [0.25, 0.3) is 0 Å². The van der Waals surface area contributed by atoms with E-state index in [-0.39, 0.29) is 6.04 Å². The molecule has 0 amide bonds. The van der Waals surface area contributed by atoms with E-state index in [0.717, 1.165) is 0 Å². The fourth-order valence-electron chi connectivity index (χ4n) is 1.40. The van der Waals surface area contributed by atoms with Crippen molar-refractivity contribution in [2.75, 3.05) is 30.4 Å². The molecule has 7 heteroatoms. The normalized spacial score (nSPS) is 11.5. The van der Waals surface area contributed by atoms with E-state index >= 15 is 0 Å². The molecule has 0 aliphatic carbocycles. The summed E-state index contributed by atoms with van der Waals surface area (Å²) in [7, 11) is 1.85. The smallest absolute Gasteiger partial charge is 0.323 e. The lowest BCUT2D eigenvalue weighted by atomic mass is 10.2. The number of aromatic nitrogens is 3. The molecular weight excluding hydrogens is 244 g/mol. The molecule has 104 valence electrons. The van der Waals surface area contributed by atoms with Gasteiger partial charge in [-0.25, -0.2) is 0 Å². The summed E-state index contributed by atoms with van der Waals surface area (Å²) in [5.41, 5.74) is 0. The van der Waals surface area contributed by atoms with Crippen LogP contribution in [0.4, 0.5) is 11.9 Å². The molecule has 7 nitrogen and oxygen atoms in total. The number of hydrogen-bond acceptors (Lipinski definition) is 7. The van der Waals surface area contributed by atoms with Gasteiger partial charge in [0, 0.05) is 19.6 Å². The molecule has 0 aromatic carbocycles. The minimum atomic E-state index is 0.0244.